The second-order valence-electron chi connectivity index (χ2n) is 7.90. The topological polar surface area (TPSA) is 113 Å². The number of carbonyl (C=O) groups is 2. The van der Waals surface area contributed by atoms with Crippen LogP contribution in [0.2, 0.25) is 0 Å². The molecule has 0 spiro atoms. The molecule has 4 aromatic rings. The van der Waals surface area contributed by atoms with E-state index in [9.17, 15) is 9.59 Å². The highest BCUT2D eigenvalue weighted by molar-refractivity contribution is 5.92. The molecule has 2 N–H and O–H groups in total. The quantitative estimate of drug-likeness (QED) is 0.381. The van der Waals surface area contributed by atoms with Gasteiger partial charge in [0.15, 0.2) is 5.69 Å². The van der Waals surface area contributed by atoms with Crippen LogP contribution in [0.1, 0.15) is 34.6 Å². The summed E-state index contributed by atoms with van der Waals surface area (Å²) in [6, 6.07) is 14.7. The van der Waals surface area contributed by atoms with E-state index >= 15 is 0 Å². The molecule has 4 rings (SSSR count). The lowest BCUT2D eigenvalue weighted by Crippen LogP contribution is -2.37. The summed E-state index contributed by atoms with van der Waals surface area (Å²) >= 11 is 0. The number of fused-ring (bicyclic) bond motifs is 1. The average Bonchev–Trinajstić information content (AvgIpc) is 3.42. The molecule has 0 saturated carbocycles. The van der Waals surface area contributed by atoms with Gasteiger partial charge in [-0.25, -0.2) is 4.98 Å². The molecule has 1 atom stereocenters. The van der Waals surface area contributed by atoms with Gasteiger partial charge < -0.3 is 24.5 Å². The summed E-state index contributed by atoms with van der Waals surface area (Å²) in [7, 11) is 1.64. The Labute approximate surface area is 190 Å². The number of hydrogen-bond acceptors (Lipinski definition) is 6. The number of aromatic nitrogens is 3. The predicted molar refractivity (Wildman–Crippen MR) is 123 cm³/mol. The molecule has 2 aromatic heterocycles. The van der Waals surface area contributed by atoms with E-state index in [1.807, 2.05) is 44.2 Å². The number of aromatic amines is 1. The van der Waals surface area contributed by atoms with E-state index in [4.69, 9.17) is 9.26 Å². The number of anilines is 1. The van der Waals surface area contributed by atoms with Gasteiger partial charge in [0.05, 0.1) is 22.8 Å². The van der Waals surface area contributed by atoms with Crippen molar-refractivity contribution in [3.63, 3.8) is 0 Å². The van der Waals surface area contributed by atoms with Crippen molar-refractivity contribution in [2.45, 2.75) is 26.3 Å². The number of imidazole rings is 1. The van der Waals surface area contributed by atoms with E-state index in [2.05, 4.69) is 20.4 Å². The third kappa shape index (κ3) is 5.20. The maximum Gasteiger partial charge on any atom is 0.273 e. The van der Waals surface area contributed by atoms with Crippen molar-refractivity contribution >= 4 is 29.0 Å². The molecule has 170 valence electrons. The van der Waals surface area contributed by atoms with E-state index in [1.54, 1.807) is 25.2 Å². The smallest absolute Gasteiger partial charge is 0.273 e. The summed E-state index contributed by atoms with van der Waals surface area (Å²) in [6.45, 7) is 3.88. The fourth-order valence-electron chi connectivity index (χ4n) is 3.46. The van der Waals surface area contributed by atoms with Gasteiger partial charge >= 0.3 is 0 Å². The summed E-state index contributed by atoms with van der Waals surface area (Å²) in [5, 5.41) is 6.74. The average molecular weight is 447 g/mol. The van der Waals surface area contributed by atoms with Gasteiger partial charge in [-0.2, -0.15) is 0 Å². The molecular weight excluding hydrogens is 422 g/mol. The first-order valence-electron chi connectivity index (χ1n) is 10.5. The van der Waals surface area contributed by atoms with Gasteiger partial charge in [-0.3, -0.25) is 9.59 Å². The van der Waals surface area contributed by atoms with Gasteiger partial charge in [-0.1, -0.05) is 35.5 Å². The number of amides is 2. The maximum absolute atomic E-state index is 12.6. The van der Waals surface area contributed by atoms with E-state index in [0.29, 0.717) is 30.0 Å². The fourth-order valence-corrected chi connectivity index (χ4v) is 3.46. The number of hydrogen-bond donors (Lipinski definition) is 2. The summed E-state index contributed by atoms with van der Waals surface area (Å²) in [5.74, 6) is 1.54. The summed E-state index contributed by atoms with van der Waals surface area (Å²) in [5.41, 5.74) is 3.41. The van der Waals surface area contributed by atoms with E-state index in [0.717, 1.165) is 22.4 Å². The summed E-state index contributed by atoms with van der Waals surface area (Å²) in [4.78, 5) is 32.9. The molecule has 2 amide bonds. The lowest BCUT2D eigenvalue weighted by Gasteiger charge is -2.19. The van der Waals surface area contributed by atoms with Gasteiger partial charge in [0.25, 0.3) is 5.91 Å². The molecule has 0 bridgehead atoms. The number of nitrogens with one attached hydrogen (secondary N) is 2. The van der Waals surface area contributed by atoms with Crippen LogP contribution in [0.25, 0.3) is 11.0 Å². The molecule has 0 aliphatic rings. The van der Waals surface area contributed by atoms with Crippen molar-refractivity contribution in [1.29, 1.82) is 0 Å². The van der Waals surface area contributed by atoms with Gasteiger partial charge in [-0.05, 0) is 25.5 Å². The van der Waals surface area contributed by atoms with Crippen molar-refractivity contribution in [3.8, 4) is 5.75 Å². The highest BCUT2D eigenvalue weighted by Crippen LogP contribution is 2.31. The van der Waals surface area contributed by atoms with Crippen LogP contribution in [0.5, 0.6) is 5.75 Å². The number of benzene rings is 2. The van der Waals surface area contributed by atoms with Crippen LogP contribution in [0, 0.1) is 6.92 Å². The van der Waals surface area contributed by atoms with Crippen LogP contribution < -0.4 is 15.0 Å². The van der Waals surface area contributed by atoms with Crippen LogP contribution in [0.4, 0.5) is 5.69 Å². The van der Waals surface area contributed by atoms with E-state index in [-0.39, 0.29) is 24.2 Å². The number of carbonyl (C=O) groups excluding carboxylic acids is 2. The fraction of sp³-hybridized carbons (Fsp3) is 0.250. The number of aryl methyl sites for hydroxylation is 1. The highest BCUT2D eigenvalue weighted by atomic mass is 16.5. The van der Waals surface area contributed by atoms with E-state index < -0.39 is 0 Å². The third-order valence-electron chi connectivity index (χ3n) is 5.10. The van der Waals surface area contributed by atoms with Crippen LogP contribution in [-0.2, 0) is 11.2 Å². The van der Waals surface area contributed by atoms with Crippen LogP contribution >= 0.6 is 0 Å². The molecule has 0 saturated heterocycles. The number of nitrogens with zero attached hydrogens (tertiary/aromatic N) is 3. The minimum absolute atomic E-state index is 0.193. The molecule has 0 aliphatic heterocycles. The SMILES string of the molecule is Cc1nc2cc(N(C)C=O)c(OC[C@@H](C)NC(=O)c3cc(Cc4ccccc4)on3)cc2[nH]1. The second kappa shape index (κ2) is 9.56. The third-order valence-corrected chi connectivity index (χ3v) is 5.10. The first-order valence-corrected chi connectivity index (χ1v) is 10.5. The molecule has 2 aromatic carbocycles. The molecule has 0 unspecified atom stereocenters. The van der Waals surface area contributed by atoms with Crippen molar-refractivity contribution in [1.82, 2.24) is 20.4 Å². The Kier molecular flexibility index (Phi) is 6.39. The van der Waals surface area contributed by atoms with Gasteiger partial charge in [0.2, 0.25) is 6.41 Å². The molecule has 0 aliphatic carbocycles. The molecule has 0 fully saturated rings. The Morgan fingerprint density at radius 1 is 1.27 bits per heavy atom. The molecule has 2 heterocycles. The van der Waals surface area contributed by atoms with Gasteiger partial charge in [-0.15, -0.1) is 0 Å². The minimum atomic E-state index is -0.348. The molecule has 33 heavy (non-hydrogen) atoms. The molecule has 9 nitrogen and oxygen atoms in total. The minimum Gasteiger partial charge on any atom is -0.489 e. The Morgan fingerprint density at radius 3 is 2.82 bits per heavy atom. The molecule has 9 heteroatoms. The number of rotatable bonds is 9. The highest BCUT2D eigenvalue weighted by Gasteiger charge is 2.17. The lowest BCUT2D eigenvalue weighted by molar-refractivity contribution is -0.107. The second-order valence-corrected chi connectivity index (χ2v) is 7.90. The first-order chi connectivity index (χ1) is 15.9. The normalized spacial score (nSPS) is 11.8. The van der Waals surface area contributed by atoms with Crippen molar-refractivity contribution in [2.24, 2.45) is 0 Å². The standard InChI is InChI=1S/C24H25N5O4/c1-15(25-24(31)21-10-18(33-28-21)9-17-7-5-4-6-8-17)13-32-23-12-20-19(26-16(2)27-20)11-22(23)29(3)14-30/h4-8,10-12,14-15H,9,13H2,1-3H3,(H,25,31)(H,26,27)/t15-/m1/s1. The zero-order chi connectivity index (χ0) is 23.4. The maximum atomic E-state index is 12.6. The number of ether oxygens (including phenoxy) is 1. The zero-order valence-corrected chi connectivity index (χ0v) is 18.7. The first kappa shape index (κ1) is 22.1. The monoisotopic (exact) mass is 447 g/mol. The van der Waals surface area contributed by atoms with Gasteiger partial charge in [0.1, 0.15) is 23.9 Å². The Bertz CT molecular complexity index is 1260. The zero-order valence-electron chi connectivity index (χ0n) is 18.7. The van der Waals surface area contributed by atoms with Crippen LogP contribution in [0.15, 0.2) is 53.1 Å². The Balaban J connectivity index is 1.39. The predicted octanol–water partition coefficient (Wildman–Crippen LogP) is 3.24. The van der Waals surface area contributed by atoms with Crippen LogP contribution in [-0.4, -0.2) is 47.1 Å². The Hall–Kier alpha value is -4.14. The molecule has 0 radical (unpaired) electrons. The van der Waals surface area contributed by atoms with Crippen LogP contribution in [0.3, 0.4) is 0 Å². The summed E-state index contributed by atoms with van der Waals surface area (Å²) < 4.78 is 11.3. The molecular formula is C24H25N5O4. The van der Waals surface area contributed by atoms with E-state index in [1.165, 1.54) is 4.90 Å². The summed E-state index contributed by atoms with van der Waals surface area (Å²) in [6.07, 6.45) is 1.26. The van der Waals surface area contributed by atoms with Crippen molar-refractivity contribution in [3.05, 3.63) is 71.4 Å². The lowest BCUT2D eigenvalue weighted by atomic mass is 10.1. The van der Waals surface area contributed by atoms with Crippen molar-refractivity contribution < 1.29 is 18.8 Å². The number of H-pyrrole nitrogens is 1. The Morgan fingerprint density at radius 2 is 2.06 bits per heavy atom. The largest absolute Gasteiger partial charge is 0.489 e. The van der Waals surface area contributed by atoms with Crippen molar-refractivity contribution in [2.75, 3.05) is 18.6 Å². The van der Waals surface area contributed by atoms with Gasteiger partial charge in [0, 0.05) is 25.6 Å².